The van der Waals surface area contributed by atoms with Gasteiger partial charge in [0.25, 0.3) is 0 Å². The molecule has 2 nitrogen and oxygen atoms in total. The van der Waals surface area contributed by atoms with Gasteiger partial charge >= 0.3 is 0 Å². The van der Waals surface area contributed by atoms with Crippen LogP contribution in [0.4, 0.5) is 17.1 Å². The van der Waals surface area contributed by atoms with Gasteiger partial charge < -0.3 is 9.47 Å². The molecule has 0 amide bonds. The van der Waals surface area contributed by atoms with Crippen LogP contribution in [0, 0.1) is 0 Å². The molecule has 1 aliphatic rings. The van der Waals surface area contributed by atoms with Crippen LogP contribution in [-0.4, -0.2) is 4.57 Å². The van der Waals surface area contributed by atoms with E-state index in [-0.39, 0.29) is 0 Å². The van der Waals surface area contributed by atoms with Gasteiger partial charge in [0, 0.05) is 53.7 Å². The van der Waals surface area contributed by atoms with E-state index < -0.39 is 5.41 Å². The lowest BCUT2D eigenvalue weighted by molar-refractivity contribution is 0.770. The van der Waals surface area contributed by atoms with Gasteiger partial charge in [0.2, 0.25) is 0 Å². The normalized spacial score (nSPS) is 13.0. The molecule has 0 bridgehead atoms. The molecule has 0 unspecified atom stereocenters. The summed E-state index contributed by atoms with van der Waals surface area (Å²) in [4.78, 5) is 2.40. The van der Waals surface area contributed by atoms with Gasteiger partial charge in [0.1, 0.15) is 0 Å². The van der Waals surface area contributed by atoms with Crippen molar-refractivity contribution < 1.29 is 0 Å². The highest BCUT2D eigenvalue weighted by molar-refractivity contribution is 7.25. The third kappa shape index (κ3) is 4.78. The number of fused-ring (bicyclic) bond motifs is 9. The number of thiophene rings is 1. The summed E-state index contributed by atoms with van der Waals surface area (Å²) in [5, 5.41) is 5.05. The molecule has 12 rings (SSSR count). The topological polar surface area (TPSA) is 8.17 Å². The van der Waals surface area contributed by atoms with E-state index in [4.69, 9.17) is 0 Å². The Kier molecular flexibility index (Phi) is 7.35. The Labute approximate surface area is 341 Å². The minimum atomic E-state index is -0.420. The van der Waals surface area contributed by atoms with Crippen LogP contribution >= 0.6 is 11.3 Å². The summed E-state index contributed by atoms with van der Waals surface area (Å²) < 4.78 is 4.94. The average molecular weight is 757 g/mol. The van der Waals surface area contributed by atoms with Gasteiger partial charge in [-0.1, -0.05) is 152 Å². The van der Waals surface area contributed by atoms with Crippen molar-refractivity contribution in [3.63, 3.8) is 0 Å². The molecule has 0 radical (unpaired) electrons. The van der Waals surface area contributed by atoms with E-state index in [9.17, 15) is 0 Å². The molecule has 1 aliphatic carbocycles. The summed E-state index contributed by atoms with van der Waals surface area (Å²) in [6.07, 6.45) is 0. The lowest BCUT2D eigenvalue weighted by atomic mass is 9.67. The Morgan fingerprint density at radius 2 is 0.914 bits per heavy atom. The maximum Gasteiger partial charge on any atom is 0.0714 e. The summed E-state index contributed by atoms with van der Waals surface area (Å²) in [5.41, 5.74) is 14.4. The Bertz CT molecular complexity index is 3300. The predicted molar refractivity (Wildman–Crippen MR) is 246 cm³/mol. The van der Waals surface area contributed by atoms with Gasteiger partial charge in [-0.2, -0.15) is 0 Å². The van der Waals surface area contributed by atoms with Crippen molar-refractivity contribution in [3.8, 4) is 16.8 Å². The zero-order chi connectivity index (χ0) is 38.2. The second-order valence-electron chi connectivity index (χ2n) is 15.3. The van der Waals surface area contributed by atoms with E-state index in [0.29, 0.717) is 0 Å². The van der Waals surface area contributed by atoms with Crippen LogP contribution in [0.25, 0.3) is 58.8 Å². The summed E-state index contributed by atoms with van der Waals surface area (Å²) in [6.45, 7) is 0. The minimum Gasteiger partial charge on any atom is -0.310 e. The maximum absolute atomic E-state index is 2.47. The zero-order valence-corrected chi connectivity index (χ0v) is 32.4. The van der Waals surface area contributed by atoms with Crippen LogP contribution in [0.3, 0.4) is 0 Å². The number of benzene rings is 9. The van der Waals surface area contributed by atoms with E-state index >= 15 is 0 Å². The lowest BCUT2D eigenvalue weighted by Crippen LogP contribution is -2.28. The monoisotopic (exact) mass is 756 g/mol. The summed E-state index contributed by atoms with van der Waals surface area (Å²) in [6, 6.07) is 80.4. The standard InChI is InChI=1S/C55H36N2S/c1-4-16-37(17-5-1)55(49-25-13-10-22-43(49)44-23-11-14-26-50(44)55)38-28-31-46-47-32-29-42(36-54(47)58-53(46)34-38)56(39-18-6-2-7-19-39)41-30-33-52-48(35-41)45-24-12-15-27-51(45)57(52)40-20-8-3-9-21-40/h1-36H. The molecule has 0 saturated heterocycles. The molecule has 0 saturated carbocycles. The average Bonchev–Trinajstić information content (AvgIpc) is 3.93. The zero-order valence-electron chi connectivity index (χ0n) is 31.6. The van der Waals surface area contributed by atoms with E-state index in [1.807, 2.05) is 11.3 Å². The molecule has 0 fully saturated rings. The first-order valence-electron chi connectivity index (χ1n) is 19.9. The smallest absolute Gasteiger partial charge is 0.0714 e. The molecule has 2 aromatic heterocycles. The fraction of sp³-hybridized carbons (Fsp3) is 0.0182. The van der Waals surface area contributed by atoms with E-state index in [1.165, 1.54) is 75.4 Å². The van der Waals surface area contributed by atoms with Crippen LogP contribution < -0.4 is 4.90 Å². The van der Waals surface area contributed by atoms with Crippen molar-refractivity contribution in [2.24, 2.45) is 0 Å². The fourth-order valence-electron chi connectivity index (χ4n) is 9.83. The number of anilines is 3. The van der Waals surface area contributed by atoms with Gasteiger partial charge in [-0.25, -0.2) is 0 Å². The molecule has 0 N–H and O–H groups in total. The highest BCUT2D eigenvalue weighted by Gasteiger charge is 2.46. The number of hydrogen-bond donors (Lipinski definition) is 0. The number of rotatable bonds is 6. The molecule has 272 valence electrons. The number of aromatic nitrogens is 1. The molecule has 58 heavy (non-hydrogen) atoms. The molecule has 3 heteroatoms. The van der Waals surface area contributed by atoms with E-state index in [0.717, 1.165) is 22.7 Å². The first-order chi connectivity index (χ1) is 28.8. The second kappa shape index (κ2) is 12.9. The summed E-state index contributed by atoms with van der Waals surface area (Å²) >= 11 is 1.89. The van der Waals surface area contributed by atoms with E-state index in [2.05, 4.69) is 228 Å². The van der Waals surface area contributed by atoms with Gasteiger partial charge in [0.15, 0.2) is 0 Å². The first-order valence-corrected chi connectivity index (χ1v) is 20.7. The van der Waals surface area contributed by atoms with Crippen molar-refractivity contribution in [2.45, 2.75) is 5.41 Å². The van der Waals surface area contributed by atoms with Gasteiger partial charge in [-0.15, -0.1) is 11.3 Å². The molecule has 9 aromatic carbocycles. The van der Waals surface area contributed by atoms with Crippen LogP contribution in [0.15, 0.2) is 218 Å². The highest BCUT2D eigenvalue weighted by atomic mass is 32.1. The number of nitrogens with zero attached hydrogens (tertiary/aromatic N) is 2. The lowest BCUT2D eigenvalue weighted by Gasteiger charge is -2.33. The molecular weight excluding hydrogens is 721 g/mol. The molecule has 0 aliphatic heterocycles. The highest BCUT2D eigenvalue weighted by Crippen LogP contribution is 2.56. The molecule has 2 heterocycles. The Morgan fingerprint density at radius 1 is 0.362 bits per heavy atom. The third-order valence-corrected chi connectivity index (χ3v) is 13.4. The van der Waals surface area contributed by atoms with Crippen molar-refractivity contribution in [1.82, 2.24) is 4.57 Å². The Hall–Kier alpha value is -7.20. The largest absolute Gasteiger partial charge is 0.310 e. The number of para-hydroxylation sites is 3. The molecule has 0 atom stereocenters. The summed E-state index contributed by atoms with van der Waals surface area (Å²) in [7, 11) is 0. The van der Waals surface area contributed by atoms with Gasteiger partial charge in [-0.05, 0) is 100 Å². The second-order valence-corrected chi connectivity index (χ2v) is 16.3. The SMILES string of the molecule is c1ccc(N(c2ccc3c(c2)sc2cc(C4(c5ccccc5)c5ccccc5-c5ccccc54)ccc23)c2ccc3c(c2)c2ccccc2n3-c2ccccc2)cc1. The van der Waals surface area contributed by atoms with Crippen LogP contribution in [0.5, 0.6) is 0 Å². The van der Waals surface area contributed by atoms with Crippen LogP contribution in [0.2, 0.25) is 0 Å². The first kappa shape index (κ1) is 33.0. The third-order valence-electron chi connectivity index (χ3n) is 12.3. The van der Waals surface area contributed by atoms with Crippen molar-refractivity contribution in [3.05, 3.63) is 241 Å². The van der Waals surface area contributed by atoms with Crippen LogP contribution in [-0.2, 0) is 5.41 Å². The van der Waals surface area contributed by atoms with Crippen molar-refractivity contribution >= 4 is 70.4 Å². The molecule has 11 aromatic rings. The van der Waals surface area contributed by atoms with Gasteiger partial charge in [-0.3, -0.25) is 0 Å². The number of hydrogen-bond acceptors (Lipinski definition) is 2. The minimum absolute atomic E-state index is 0.420. The molecular formula is C55H36N2S. The van der Waals surface area contributed by atoms with E-state index in [1.54, 1.807) is 0 Å². The fourth-order valence-corrected chi connectivity index (χ4v) is 11.0. The summed E-state index contributed by atoms with van der Waals surface area (Å²) in [5.74, 6) is 0. The van der Waals surface area contributed by atoms with Crippen molar-refractivity contribution in [2.75, 3.05) is 4.90 Å². The van der Waals surface area contributed by atoms with Crippen molar-refractivity contribution in [1.29, 1.82) is 0 Å². The van der Waals surface area contributed by atoms with Gasteiger partial charge in [0.05, 0.1) is 16.4 Å². The molecule has 0 spiro atoms. The predicted octanol–water partition coefficient (Wildman–Crippen LogP) is 15.0. The quantitative estimate of drug-likeness (QED) is 0.164. The Morgan fingerprint density at radius 3 is 1.66 bits per heavy atom. The Balaban J connectivity index is 1.03. The van der Waals surface area contributed by atoms with Crippen LogP contribution in [0.1, 0.15) is 22.3 Å². The maximum atomic E-state index is 2.47.